The lowest BCUT2D eigenvalue weighted by Crippen LogP contribution is -2.70. The molecule has 0 bridgehead atoms. The van der Waals surface area contributed by atoms with Crippen molar-refractivity contribution in [2.24, 2.45) is 16.7 Å². The second-order valence-corrected chi connectivity index (χ2v) is 14.5. The summed E-state index contributed by atoms with van der Waals surface area (Å²) in [6.07, 6.45) is 8.39. The third-order valence-corrected chi connectivity index (χ3v) is 10.3. The van der Waals surface area contributed by atoms with Crippen molar-refractivity contribution in [3.63, 3.8) is 0 Å². The third-order valence-electron chi connectivity index (χ3n) is 9.18. The van der Waals surface area contributed by atoms with Gasteiger partial charge in [0.05, 0.1) is 4.90 Å². The first kappa shape index (κ1) is 22.7. The molecule has 10 heteroatoms. The number of nitrogens with zero attached hydrogens (tertiary/aromatic N) is 4. The van der Waals surface area contributed by atoms with E-state index >= 15 is 0 Å². The first-order chi connectivity index (χ1) is 17.1. The summed E-state index contributed by atoms with van der Waals surface area (Å²) in [5, 5.41) is 7.55. The molecule has 192 valence electrons. The van der Waals surface area contributed by atoms with Crippen LogP contribution in [0.3, 0.4) is 0 Å². The van der Waals surface area contributed by atoms with Crippen LogP contribution in [0.4, 0.5) is 9.18 Å². The summed E-state index contributed by atoms with van der Waals surface area (Å²) in [6, 6.07) is 4.28. The molecule has 1 aromatic carbocycles. The molecular formula is C26H32FN5O3S. The number of benzene rings is 1. The number of H-pyrrole nitrogens is 1. The Morgan fingerprint density at radius 3 is 2.28 bits per heavy atom. The molecular weight excluding hydrogens is 481 g/mol. The Hall–Kier alpha value is -2.49. The van der Waals surface area contributed by atoms with Crippen molar-refractivity contribution in [3.05, 3.63) is 41.2 Å². The van der Waals surface area contributed by atoms with Crippen LogP contribution in [0.2, 0.25) is 0 Å². The van der Waals surface area contributed by atoms with E-state index in [0.29, 0.717) is 24.2 Å². The highest BCUT2D eigenvalue weighted by Gasteiger charge is 2.58. The summed E-state index contributed by atoms with van der Waals surface area (Å²) in [4.78, 5) is 21.7. The highest BCUT2D eigenvalue weighted by Crippen LogP contribution is 2.57. The quantitative estimate of drug-likeness (QED) is 0.660. The number of likely N-dealkylation sites (tertiary alicyclic amines) is 2. The summed E-state index contributed by atoms with van der Waals surface area (Å²) in [5.41, 5.74) is 1.20. The second-order valence-electron chi connectivity index (χ2n) is 12.5. The van der Waals surface area contributed by atoms with Gasteiger partial charge in [-0.05, 0) is 74.6 Å². The van der Waals surface area contributed by atoms with E-state index in [1.807, 2.05) is 9.80 Å². The van der Waals surface area contributed by atoms with E-state index in [-0.39, 0.29) is 21.8 Å². The molecule has 1 aromatic heterocycles. The third kappa shape index (κ3) is 3.83. The van der Waals surface area contributed by atoms with Gasteiger partial charge in [0, 0.05) is 55.1 Å². The summed E-state index contributed by atoms with van der Waals surface area (Å²) < 4.78 is 37.5. The zero-order valence-corrected chi connectivity index (χ0v) is 21.4. The number of carbonyl (C=O) groups excluding carboxylic acids is 1. The first-order valence-electron chi connectivity index (χ1n) is 13.0. The number of sulfone groups is 1. The predicted octanol–water partition coefficient (Wildman–Crippen LogP) is 3.48. The van der Waals surface area contributed by atoms with Gasteiger partial charge in [-0.2, -0.15) is 5.10 Å². The van der Waals surface area contributed by atoms with Crippen LogP contribution >= 0.6 is 0 Å². The number of halogens is 1. The van der Waals surface area contributed by atoms with Crippen molar-refractivity contribution in [1.82, 2.24) is 25.0 Å². The van der Waals surface area contributed by atoms with E-state index in [0.717, 1.165) is 81.4 Å². The number of carbonyl (C=O) groups is 1. The molecule has 5 fully saturated rings. The summed E-state index contributed by atoms with van der Waals surface area (Å²) >= 11 is 0. The van der Waals surface area contributed by atoms with Crippen LogP contribution < -0.4 is 0 Å². The van der Waals surface area contributed by atoms with Gasteiger partial charge in [-0.1, -0.05) is 0 Å². The van der Waals surface area contributed by atoms with E-state index in [1.54, 1.807) is 6.07 Å². The number of amides is 2. The minimum absolute atomic E-state index is 0.0423. The Bertz CT molecular complexity index is 1330. The highest BCUT2D eigenvalue weighted by atomic mass is 32.2. The lowest BCUT2D eigenvalue weighted by molar-refractivity contribution is -0.100. The maximum absolute atomic E-state index is 13.9. The molecule has 2 saturated heterocycles. The Labute approximate surface area is 210 Å². The fourth-order valence-corrected chi connectivity index (χ4v) is 7.98. The fraction of sp³-hybridized carbons (Fsp3) is 0.654. The Balaban J connectivity index is 0.863. The largest absolute Gasteiger partial charge is 0.323 e. The van der Waals surface area contributed by atoms with Gasteiger partial charge in [0.25, 0.3) is 0 Å². The van der Waals surface area contributed by atoms with Crippen molar-refractivity contribution >= 4 is 15.9 Å². The maximum Gasteiger partial charge on any atom is 0.320 e. The van der Waals surface area contributed by atoms with Gasteiger partial charge < -0.3 is 9.80 Å². The molecule has 3 aliphatic carbocycles. The molecule has 2 aliphatic heterocycles. The minimum Gasteiger partial charge on any atom is -0.323 e. The van der Waals surface area contributed by atoms with Crippen LogP contribution in [0.15, 0.2) is 23.1 Å². The van der Waals surface area contributed by atoms with Crippen molar-refractivity contribution in [1.29, 1.82) is 0 Å². The Kier molecular flexibility index (Phi) is 4.74. The van der Waals surface area contributed by atoms with Gasteiger partial charge in [0.1, 0.15) is 11.6 Å². The monoisotopic (exact) mass is 513 g/mol. The molecule has 2 spiro atoms. The summed E-state index contributed by atoms with van der Waals surface area (Å²) in [5.74, 6) is 2.94. The number of aromatic nitrogens is 3. The van der Waals surface area contributed by atoms with Gasteiger partial charge in [-0.15, -0.1) is 0 Å². The molecule has 0 unspecified atom stereocenters. The molecule has 5 aliphatic rings. The molecule has 7 rings (SSSR count). The molecule has 1 N–H and O–H groups in total. The van der Waals surface area contributed by atoms with Crippen molar-refractivity contribution in [3.8, 4) is 0 Å². The van der Waals surface area contributed by atoms with Crippen molar-refractivity contribution in [2.75, 3.05) is 32.4 Å². The lowest BCUT2D eigenvalue weighted by atomic mass is 9.56. The van der Waals surface area contributed by atoms with Gasteiger partial charge in [-0.3, -0.25) is 5.10 Å². The molecule has 2 aromatic rings. The topological polar surface area (TPSA) is 99.3 Å². The number of rotatable bonds is 5. The van der Waals surface area contributed by atoms with E-state index in [2.05, 4.69) is 10.2 Å². The summed E-state index contributed by atoms with van der Waals surface area (Å²) in [7, 11) is -3.43. The first-order valence-corrected chi connectivity index (χ1v) is 14.9. The average Bonchev–Trinajstić information content (AvgIpc) is 3.43. The molecule has 3 heterocycles. The average molecular weight is 514 g/mol. The molecule has 2 amide bonds. The van der Waals surface area contributed by atoms with Crippen LogP contribution in [-0.4, -0.2) is 71.9 Å². The normalized spacial score (nSPS) is 24.8. The lowest BCUT2D eigenvalue weighted by Gasteiger charge is -2.63. The van der Waals surface area contributed by atoms with Gasteiger partial charge in [0.15, 0.2) is 15.7 Å². The Morgan fingerprint density at radius 1 is 1.03 bits per heavy atom. The van der Waals surface area contributed by atoms with Gasteiger partial charge >= 0.3 is 6.03 Å². The SMILES string of the molecule is CS(=O)(=O)c1cc(F)cc(CC2CC3(C2)CN(C(=O)N2CC4(CC(c5n[nH]c(C6CC6)n5)C4)C2)C3)c1. The van der Waals surface area contributed by atoms with Crippen molar-refractivity contribution in [2.45, 2.75) is 61.7 Å². The predicted molar refractivity (Wildman–Crippen MR) is 130 cm³/mol. The van der Waals surface area contributed by atoms with Crippen LogP contribution in [0.1, 0.15) is 67.6 Å². The zero-order chi connectivity index (χ0) is 24.9. The van der Waals surface area contributed by atoms with Crippen LogP contribution in [0, 0.1) is 22.6 Å². The van der Waals surface area contributed by atoms with E-state index < -0.39 is 15.7 Å². The number of hydrogen-bond donors (Lipinski definition) is 1. The smallest absolute Gasteiger partial charge is 0.320 e. The minimum atomic E-state index is -3.43. The number of nitrogens with one attached hydrogen (secondary N) is 1. The molecule has 8 nitrogen and oxygen atoms in total. The fourth-order valence-electron chi connectivity index (χ4n) is 7.29. The number of urea groups is 1. The zero-order valence-electron chi connectivity index (χ0n) is 20.5. The second kappa shape index (κ2) is 7.52. The maximum atomic E-state index is 13.9. The number of aromatic amines is 1. The molecule has 0 radical (unpaired) electrons. The molecule has 3 saturated carbocycles. The van der Waals surface area contributed by atoms with E-state index in [4.69, 9.17) is 4.98 Å². The van der Waals surface area contributed by atoms with Crippen molar-refractivity contribution < 1.29 is 17.6 Å². The van der Waals surface area contributed by atoms with Gasteiger partial charge in [-0.25, -0.2) is 22.6 Å². The summed E-state index contributed by atoms with van der Waals surface area (Å²) in [6.45, 7) is 3.29. The van der Waals surface area contributed by atoms with Crippen LogP contribution in [-0.2, 0) is 16.3 Å². The van der Waals surface area contributed by atoms with Crippen LogP contribution in [0.25, 0.3) is 0 Å². The highest BCUT2D eigenvalue weighted by molar-refractivity contribution is 7.90. The number of hydrogen-bond acceptors (Lipinski definition) is 5. The molecule has 0 atom stereocenters. The Morgan fingerprint density at radius 2 is 1.67 bits per heavy atom. The van der Waals surface area contributed by atoms with E-state index in [9.17, 15) is 17.6 Å². The van der Waals surface area contributed by atoms with Gasteiger partial charge in [0.2, 0.25) is 0 Å². The standard InChI is InChI=1S/C26H32FN5O3S/c1-36(34,35)21-6-16(5-20(27)7-21)4-17-8-25(9-17)12-31(13-25)24(33)32-14-26(15-32)10-19(11-26)23-28-22(29-30-23)18-2-3-18/h5-7,17-19H,2-4,8-15H2,1H3,(H,28,29,30). The van der Waals surface area contributed by atoms with E-state index in [1.165, 1.54) is 18.9 Å². The van der Waals surface area contributed by atoms with Crippen LogP contribution in [0.5, 0.6) is 0 Å². The molecule has 36 heavy (non-hydrogen) atoms.